The average Bonchev–Trinajstić information content (AvgIpc) is 2.49. The summed E-state index contributed by atoms with van der Waals surface area (Å²) < 4.78 is 5.08. The highest BCUT2D eigenvalue weighted by Gasteiger charge is 1.98. The predicted molar refractivity (Wildman–Crippen MR) is 79.9 cm³/mol. The van der Waals surface area contributed by atoms with Gasteiger partial charge in [0.15, 0.2) is 0 Å². The van der Waals surface area contributed by atoms with E-state index in [1.165, 1.54) is 0 Å². The van der Waals surface area contributed by atoms with Gasteiger partial charge in [-0.3, -0.25) is 4.84 Å². The van der Waals surface area contributed by atoms with Gasteiger partial charge in [0.1, 0.15) is 5.75 Å². The summed E-state index contributed by atoms with van der Waals surface area (Å²) in [7, 11) is 1.63. The number of nitrogens with zero attached hydrogens (tertiary/aromatic N) is 1. The molecule has 5 nitrogen and oxygen atoms in total. The van der Waals surface area contributed by atoms with E-state index in [-0.39, 0.29) is 0 Å². The van der Waals surface area contributed by atoms with E-state index in [9.17, 15) is 4.79 Å². The van der Waals surface area contributed by atoms with Gasteiger partial charge in [-0.05, 0) is 37.1 Å². The Morgan fingerprint density at radius 3 is 2.65 bits per heavy atom. The molecule has 0 bridgehead atoms. The van der Waals surface area contributed by atoms with Crippen LogP contribution in [0.1, 0.15) is 25.8 Å². The number of nitrogens with one attached hydrogen (secondary N) is 1. The van der Waals surface area contributed by atoms with Crippen LogP contribution in [0.15, 0.2) is 35.5 Å². The number of carbonyl (C=O) groups is 1. The van der Waals surface area contributed by atoms with E-state index < -0.39 is 6.09 Å². The molecule has 0 saturated carbocycles. The van der Waals surface area contributed by atoms with Crippen molar-refractivity contribution in [2.24, 2.45) is 5.16 Å². The van der Waals surface area contributed by atoms with Crippen LogP contribution < -0.4 is 10.1 Å². The zero-order valence-electron chi connectivity index (χ0n) is 12.1. The fourth-order valence-electron chi connectivity index (χ4n) is 1.34. The number of benzene rings is 1. The van der Waals surface area contributed by atoms with Gasteiger partial charge in [-0.1, -0.05) is 30.3 Å². The molecule has 0 fully saturated rings. The summed E-state index contributed by atoms with van der Waals surface area (Å²) in [6.07, 6.45) is 3.97. The lowest BCUT2D eigenvalue weighted by Crippen LogP contribution is -2.23. The van der Waals surface area contributed by atoms with Crippen LogP contribution in [0.3, 0.4) is 0 Å². The van der Waals surface area contributed by atoms with Gasteiger partial charge in [0, 0.05) is 6.54 Å². The fourth-order valence-corrected chi connectivity index (χ4v) is 1.34. The largest absolute Gasteiger partial charge is 0.497 e. The minimum Gasteiger partial charge on any atom is -0.497 e. The molecule has 1 N–H and O–H groups in total. The Morgan fingerprint density at radius 2 is 2.05 bits per heavy atom. The highest BCUT2D eigenvalue weighted by atomic mass is 16.7. The fraction of sp³-hybridized carbons (Fsp3) is 0.333. The Morgan fingerprint density at radius 1 is 1.35 bits per heavy atom. The summed E-state index contributed by atoms with van der Waals surface area (Å²) in [5.74, 6) is 0.809. The summed E-state index contributed by atoms with van der Waals surface area (Å²) >= 11 is 0. The van der Waals surface area contributed by atoms with Gasteiger partial charge in [0.05, 0.1) is 12.8 Å². The molecule has 0 spiro atoms. The number of hydrogen-bond acceptors (Lipinski definition) is 4. The van der Waals surface area contributed by atoms with E-state index in [2.05, 4.69) is 10.5 Å². The van der Waals surface area contributed by atoms with Crippen molar-refractivity contribution in [3.8, 4) is 5.75 Å². The monoisotopic (exact) mass is 276 g/mol. The highest BCUT2D eigenvalue weighted by molar-refractivity contribution is 5.96. The van der Waals surface area contributed by atoms with E-state index >= 15 is 0 Å². The van der Waals surface area contributed by atoms with Gasteiger partial charge in [0.2, 0.25) is 0 Å². The molecule has 0 atom stereocenters. The minimum absolute atomic E-state index is 0.538. The van der Waals surface area contributed by atoms with Crippen molar-refractivity contribution in [3.05, 3.63) is 35.9 Å². The van der Waals surface area contributed by atoms with Crippen LogP contribution in [-0.2, 0) is 4.84 Å². The highest BCUT2D eigenvalue weighted by Crippen LogP contribution is 2.12. The normalized spacial score (nSPS) is 11.4. The number of rotatable bonds is 6. The van der Waals surface area contributed by atoms with Crippen molar-refractivity contribution in [2.45, 2.75) is 20.3 Å². The summed E-state index contributed by atoms with van der Waals surface area (Å²) in [4.78, 5) is 15.9. The molecule has 0 unspecified atom stereocenters. The molecule has 108 valence electrons. The topological polar surface area (TPSA) is 59.9 Å². The number of ether oxygens (including phenoxy) is 1. The van der Waals surface area contributed by atoms with Crippen molar-refractivity contribution in [2.75, 3.05) is 13.7 Å². The smallest absolute Gasteiger partial charge is 0.433 e. The Labute approximate surface area is 119 Å². The van der Waals surface area contributed by atoms with E-state index in [1.807, 2.05) is 37.3 Å². The van der Waals surface area contributed by atoms with E-state index in [1.54, 1.807) is 20.1 Å². The lowest BCUT2D eigenvalue weighted by atomic mass is 10.2. The van der Waals surface area contributed by atoms with Crippen LogP contribution in [0, 0.1) is 0 Å². The Bertz CT molecular complexity index is 478. The first kappa shape index (κ1) is 15.8. The van der Waals surface area contributed by atoms with Gasteiger partial charge >= 0.3 is 6.09 Å². The molecule has 0 aliphatic carbocycles. The number of amides is 1. The van der Waals surface area contributed by atoms with Crippen molar-refractivity contribution in [1.82, 2.24) is 5.32 Å². The van der Waals surface area contributed by atoms with Crippen molar-refractivity contribution < 1.29 is 14.4 Å². The number of hydrogen-bond donors (Lipinski definition) is 1. The summed E-state index contributed by atoms with van der Waals surface area (Å²) in [6.45, 7) is 4.30. The third kappa shape index (κ3) is 6.04. The lowest BCUT2D eigenvalue weighted by Gasteiger charge is -2.00. The molecule has 0 radical (unpaired) electrons. The maximum Gasteiger partial charge on any atom is 0.433 e. The van der Waals surface area contributed by atoms with E-state index in [4.69, 9.17) is 9.57 Å². The van der Waals surface area contributed by atoms with Gasteiger partial charge in [-0.25, -0.2) is 4.79 Å². The minimum atomic E-state index is -0.538. The van der Waals surface area contributed by atoms with Crippen LogP contribution in [0.4, 0.5) is 4.79 Å². The number of carbonyl (C=O) groups excluding carboxylic acids is 1. The van der Waals surface area contributed by atoms with Gasteiger partial charge < -0.3 is 10.1 Å². The van der Waals surface area contributed by atoms with Crippen LogP contribution in [-0.4, -0.2) is 25.5 Å². The maximum atomic E-state index is 11.2. The quantitative estimate of drug-likeness (QED) is 0.493. The van der Waals surface area contributed by atoms with Crippen molar-refractivity contribution in [3.63, 3.8) is 0 Å². The molecule has 0 heterocycles. The SMILES string of the molecule is CCCNC(=O)O/N=C(C)\C=C\c1ccc(OC)cc1. The Hall–Kier alpha value is -2.30. The molecular formula is C15H20N2O3. The van der Waals surface area contributed by atoms with Crippen molar-refractivity contribution in [1.29, 1.82) is 0 Å². The molecule has 0 aromatic heterocycles. The molecule has 20 heavy (non-hydrogen) atoms. The molecule has 0 aliphatic rings. The summed E-state index contributed by atoms with van der Waals surface area (Å²) in [5.41, 5.74) is 1.61. The maximum absolute atomic E-state index is 11.2. The molecule has 1 rings (SSSR count). The molecule has 1 amide bonds. The molecule has 0 saturated heterocycles. The van der Waals surface area contributed by atoms with Gasteiger partial charge in [0.25, 0.3) is 0 Å². The first-order valence-corrected chi connectivity index (χ1v) is 6.47. The van der Waals surface area contributed by atoms with E-state index in [0.717, 1.165) is 17.7 Å². The summed E-state index contributed by atoms with van der Waals surface area (Å²) in [5, 5.41) is 6.29. The van der Waals surface area contributed by atoms with Gasteiger partial charge in [-0.2, -0.15) is 0 Å². The molecular weight excluding hydrogens is 256 g/mol. The lowest BCUT2D eigenvalue weighted by molar-refractivity contribution is 0.151. The second-order valence-electron chi connectivity index (χ2n) is 4.14. The van der Waals surface area contributed by atoms with Gasteiger partial charge in [-0.15, -0.1) is 0 Å². The first-order valence-electron chi connectivity index (χ1n) is 6.47. The molecule has 5 heteroatoms. The van der Waals surface area contributed by atoms with Crippen molar-refractivity contribution >= 4 is 17.9 Å². The Kier molecular flexibility index (Phi) is 6.89. The molecule has 1 aromatic carbocycles. The first-order chi connectivity index (χ1) is 9.65. The summed E-state index contributed by atoms with van der Waals surface area (Å²) in [6, 6.07) is 7.61. The van der Waals surface area contributed by atoms with E-state index in [0.29, 0.717) is 12.3 Å². The van der Waals surface area contributed by atoms with Crippen LogP contribution in [0.2, 0.25) is 0 Å². The molecule has 0 aliphatic heterocycles. The zero-order valence-corrected chi connectivity index (χ0v) is 12.1. The second-order valence-corrected chi connectivity index (χ2v) is 4.14. The molecule has 1 aromatic rings. The number of oxime groups is 1. The number of allylic oxidation sites excluding steroid dienone is 1. The third-order valence-corrected chi connectivity index (χ3v) is 2.42. The third-order valence-electron chi connectivity index (χ3n) is 2.42. The second kappa shape index (κ2) is 8.74. The zero-order chi connectivity index (χ0) is 14.8. The van der Waals surface area contributed by atoms with Crippen LogP contribution in [0.25, 0.3) is 6.08 Å². The predicted octanol–water partition coefficient (Wildman–Crippen LogP) is 3.22. The Balaban J connectivity index is 2.49. The van der Waals surface area contributed by atoms with Crippen LogP contribution in [0.5, 0.6) is 5.75 Å². The average molecular weight is 276 g/mol. The van der Waals surface area contributed by atoms with Crippen LogP contribution >= 0.6 is 0 Å². The number of methoxy groups -OCH3 is 1. The standard InChI is InChI=1S/C15H20N2O3/c1-4-11-16-15(18)20-17-12(2)5-6-13-7-9-14(19-3)10-8-13/h5-10H,4,11H2,1-3H3,(H,16,18)/b6-5+,17-12-.